The van der Waals surface area contributed by atoms with Crippen LogP contribution in [0.5, 0.6) is 0 Å². The van der Waals surface area contributed by atoms with E-state index in [1.807, 2.05) is 30.3 Å². The second-order valence-electron chi connectivity index (χ2n) is 5.50. The van der Waals surface area contributed by atoms with Crippen LogP contribution in [-0.2, 0) is 0 Å². The molecule has 0 bridgehead atoms. The third-order valence-electron chi connectivity index (χ3n) is 3.80. The average Bonchev–Trinajstić information content (AvgIpc) is 2.64. The Hall–Kier alpha value is -3.61. The molecule has 7 nitrogen and oxygen atoms in total. The summed E-state index contributed by atoms with van der Waals surface area (Å²) in [6, 6.07) is 16.3. The number of hydrogen-bond donors (Lipinski definition) is 0. The molecule has 7 heteroatoms. The van der Waals surface area contributed by atoms with Crippen molar-refractivity contribution in [2.75, 3.05) is 0 Å². The molecular formula is C18H13N5O2. The van der Waals surface area contributed by atoms with Gasteiger partial charge in [-0.1, -0.05) is 42.5 Å². The lowest BCUT2D eigenvalue weighted by atomic mass is 10.2. The molecule has 0 N–H and O–H groups in total. The molecule has 25 heavy (non-hydrogen) atoms. The van der Waals surface area contributed by atoms with Crippen molar-refractivity contribution in [3.05, 3.63) is 86.6 Å². The maximum Gasteiger partial charge on any atom is 0.297 e. The number of benzene rings is 2. The van der Waals surface area contributed by atoms with Crippen molar-refractivity contribution in [2.45, 2.75) is 6.92 Å². The van der Waals surface area contributed by atoms with E-state index in [4.69, 9.17) is 0 Å². The van der Waals surface area contributed by atoms with Crippen LogP contribution in [0.15, 0.2) is 69.3 Å². The Morgan fingerprint density at radius 3 is 2.48 bits per heavy atom. The van der Waals surface area contributed by atoms with E-state index in [1.54, 1.807) is 30.5 Å². The Morgan fingerprint density at radius 2 is 1.68 bits per heavy atom. The van der Waals surface area contributed by atoms with Gasteiger partial charge in [0, 0.05) is 0 Å². The zero-order valence-corrected chi connectivity index (χ0v) is 13.3. The SMILES string of the molecule is Cc1nn2c(=O)c3ccccc3nc2n(N=Cc2ccccc2)c1=O. The normalized spacial score (nSPS) is 11.6. The lowest BCUT2D eigenvalue weighted by Gasteiger charge is -2.07. The number of fused-ring (bicyclic) bond motifs is 2. The molecule has 0 saturated heterocycles. The molecule has 0 aliphatic carbocycles. The first kappa shape index (κ1) is 14.9. The van der Waals surface area contributed by atoms with Crippen molar-refractivity contribution in [2.24, 2.45) is 5.10 Å². The third-order valence-corrected chi connectivity index (χ3v) is 3.80. The van der Waals surface area contributed by atoms with Crippen LogP contribution >= 0.6 is 0 Å². The van der Waals surface area contributed by atoms with Crippen LogP contribution in [0.1, 0.15) is 11.3 Å². The standard InChI is InChI=1S/C18H13N5O2/c1-12-16(24)22(19-11-13-7-3-2-4-8-13)18-20-15-10-6-5-9-14(15)17(25)23(18)21-12/h2-11H,1H3. The first-order valence-corrected chi connectivity index (χ1v) is 7.66. The molecule has 0 spiro atoms. The van der Waals surface area contributed by atoms with Gasteiger partial charge in [0.15, 0.2) is 0 Å². The van der Waals surface area contributed by atoms with Crippen LogP contribution in [-0.4, -0.2) is 25.5 Å². The average molecular weight is 331 g/mol. The summed E-state index contributed by atoms with van der Waals surface area (Å²) < 4.78 is 2.21. The van der Waals surface area contributed by atoms with Crippen molar-refractivity contribution in [1.29, 1.82) is 0 Å². The van der Waals surface area contributed by atoms with Gasteiger partial charge in [0.05, 0.1) is 17.1 Å². The summed E-state index contributed by atoms with van der Waals surface area (Å²) in [7, 11) is 0. The zero-order chi connectivity index (χ0) is 17.4. The topological polar surface area (TPSA) is 81.6 Å². The first-order chi connectivity index (χ1) is 12.1. The van der Waals surface area contributed by atoms with Crippen LogP contribution in [0.2, 0.25) is 0 Å². The third kappa shape index (κ3) is 2.51. The second-order valence-corrected chi connectivity index (χ2v) is 5.50. The number of nitrogens with zero attached hydrogens (tertiary/aromatic N) is 5. The van der Waals surface area contributed by atoms with Crippen molar-refractivity contribution in [3.63, 3.8) is 0 Å². The molecule has 4 rings (SSSR count). The molecule has 0 saturated carbocycles. The maximum atomic E-state index is 12.7. The van der Waals surface area contributed by atoms with E-state index in [1.165, 1.54) is 6.92 Å². The summed E-state index contributed by atoms with van der Waals surface area (Å²) in [5.74, 6) is 0.0754. The van der Waals surface area contributed by atoms with E-state index < -0.39 is 5.56 Å². The van der Waals surface area contributed by atoms with Crippen molar-refractivity contribution >= 4 is 22.9 Å². The number of rotatable bonds is 2. The molecule has 2 aromatic heterocycles. The molecule has 122 valence electrons. The summed E-state index contributed by atoms with van der Waals surface area (Å²) in [5.41, 5.74) is 0.713. The lowest BCUT2D eigenvalue weighted by molar-refractivity contribution is 0.717. The molecular weight excluding hydrogens is 318 g/mol. The summed E-state index contributed by atoms with van der Waals surface area (Å²) in [6.45, 7) is 1.54. The van der Waals surface area contributed by atoms with Crippen molar-refractivity contribution in [1.82, 2.24) is 19.3 Å². The molecule has 0 fully saturated rings. The fourth-order valence-corrected chi connectivity index (χ4v) is 2.54. The summed E-state index contributed by atoms with van der Waals surface area (Å²) in [6.07, 6.45) is 1.54. The number of para-hydroxylation sites is 1. The van der Waals surface area contributed by atoms with Crippen LogP contribution in [0, 0.1) is 6.92 Å². The minimum absolute atomic E-state index is 0.0754. The van der Waals surface area contributed by atoms with Gasteiger partial charge in [-0.2, -0.15) is 19.4 Å². The van der Waals surface area contributed by atoms with Crippen molar-refractivity contribution in [3.8, 4) is 0 Å². The smallest absolute Gasteiger partial charge is 0.267 e. The largest absolute Gasteiger partial charge is 0.297 e. The number of hydrogen-bond acceptors (Lipinski definition) is 5. The molecule has 0 unspecified atom stereocenters. The predicted octanol–water partition coefficient (Wildman–Crippen LogP) is 1.60. The highest BCUT2D eigenvalue weighted by molar-refractivity contribution is 5.80. The monoisotopic (exact) mass is 331 g/mol. The molecule has 4 aromatic rings. The maximum absolute atomic E-state index is 12.7. The van der Waals surface area contributed by atoms with Crippen molar-refractivity contribution < 1.29 is 0 Å². The van der Waals surface area contributed by atoms with E-state index in [0.717, 1.165) is 14.8 Å². The Morgan fingerprint density at radius 1 is 0.960 bits per heavy atom. The van der Waals surface area contributed by atoms with Crippen LogP contribution in [0.3, 0.4) is 0 Å². The highest BCUT2D eigenvalue weighted by atomic mass is 16.1. The zero-order valence-electron chi connectivity index (χ0n) is 13.3. The van der Waals surface area contributed by atoms with Crippen LogP contribution in [0.25, 0.3) is 16.7 Å². The predicted molar refractivity (Wildman–Crippen MR) is 95.2 cm³/mol. The van der Waals surface area contributed by atoms with Gasteiger partial charge in [0.1, 0.15) is 5.69 Å². The van der Waals surface area contributed by atoms with Gasteiger partial charge in [0.2, 0.25) is 0 Å². The fraction of sp³-hybridized carbons (Fsp3) is 0.0556. The van der Waals surface area contributed by atoms with Gasteiger partial charge in [-0.25, -0.2) is 4.98 Å². The van der Waals surface area contributed by atoms with Crippen LogP contribution < -0.4 is 11.1 Å². The molecule has 0 atom stereocenters. The Labute approximate surface area is 141 Å². The quantitative estimate of drug-likeness (QED) is 0.413. The fourth-order valence-electron chi connectivity index (χ4n) is 2.54. The first-order valence-electron chi connectivity index (χ1n) is 7.66. The molecule has 0 aliphatic heterocycles. The molecule has 2 aromatic carbocycles. The summed E-state index contributed by atoms with van der Waals surface area (Å²) in [5, 5.41) is 8.74. The summed E-state index contributed by atoms with van der Waals surface area (Å²) >= 11 is 0. The van der Waals surface area contributed by atoms with Gasteiger partial charge in [0.25, 0.3) is 16.9 Å². The minimum Gasteiger partial charge on any atom is -0.267 e. The second kappa shape index (κ2) is 5.79. The Kier molecular flexibility index (Phi) is 3.46. The van der Waals surface area contributed by atoms with Gasteiger partial charge in [-0.05, 0) is 24.6 Å². The number of aryl methyl sites for hydroxylation is 1. The van der Waals surface area contributed by atoms with Gasteiger partial charge >= 0.3 is 0 Å². The van der Waals surface area contributed by atoms with E-state index in [9.17, 15) is 9.59 Å². The highest BCUT2D eigenvalue weighted by Gasteiger charge is 2.13. The van der Waals surface area contributed by atoms with Gasteiger partial charge in [-0.3, -0.25) is 9.59 Å². The van der Waals surface area contributed by atoms with Gasteiger partial charge < -0.3 is 0 Å². The minimum atomic E-state index is -0.422. The van der Waals surface area contributed by atoms with Gasteiger partial charge in [-0.15, -0.1) is 0 Å². The molecule has 0 aliphatic rings. The molecule has 2 heterocycles. The Balaban J connectivity index is 2.06. The molecule has 0 amide bonds. The Bertz CT molecular complexity index is 1240. The van der Waals surface area contributed by atoms with E-state index in [-0.39, 0.29) is 17.0 Å². The van der Waals surface area contributed by atoms with E-state index in [2.05, 4.69) is 15.2 Å². The van der Waals surface area contributed by atoms with E-state index >= 15 is 0 Å². The summed E-state index contributed by atoms with van der Waals surface area (Å²) in [4.78, 5) is 29.6. The molecule has 0 radical (unpaired) electrons. The lowest BCUT2D eigenvalue weighted by Crippen LogP contribution is -2.30. The highest BCUT2D eigenvalue weighted by Crippen LogP contribution is 2.07. The van der Waals surface area contributed by atoms with Crippen LogP contribution in [0.4, 0.5) is 0 Å². The number of aromatic nitrogens is 4. The van der Waals surface area contributed by atoms with E-state index in [0.29, 0.717) is 10.9 Å².